The molecule has 120 valence electrons. The molecule has 0 saturated heterocycles. The normalized spacial score (nSPS) is 10.2. The summed E-state index contributed by atoms with van der Waals surface area (Å²) in [5.41, 5.74) is 9.11. The Morgan fingerprint density at radius 2 is 1.18 bits per heavy atom. The van der Waals surface area contributed by atoms with Gasteiger partial charge in [0.15, 0.2) is 34.9 Å². The van der Waals surface area contributed by atoms with Gasteiger partial charge in [0.05, 0.1) is 16.4 Å². The molecule has 0 aliphatic heterocycles. The average molecular weight is 363 g/mol. The molecule has 0 aliphatic carbocycles. The topological polar surface area (TPSA) is 52.0 Å². The van der Waals surface area contributed by atoms with Crippen molar-refractivity contribution in [3.05, 3.63) is 57.1 Å². The second-order valence-electron chi connectivity index (χ2n) is 3.78. The van der Waals surface area contributed by atoms with Crippen molar-refractivity contribution in [3.8, 4) is 0 Å². The molecule has 10 heteroatoms. The Labute approximate surface area is 130 Å². The molecular formula is C12H6Cl2F6N2. The lowest BCUT2D eigenvalue weighted by Crippen LogP contribution is -1.98. The molecule has 2 nitrogen and oxygen atoms in total. The molecule has 0 saturated carbocycles. The highest BCUT2D eigenvalue weighted by Gasteiger charge is 2.15. The van der Waals surface area contributed by atoms with E-state index in [9.17, 15) is 26.3 Å². The third-order valence-electron chi connectivity index (χ3n) is 2.26. The highest BCUT2D eigenvalue weighted by Crippen LogP contribution is 2.26. The molecule has 0 atom stereocenters. The summed E-state index contributed by atoms with van der Waals surface area (Å²) in [5, 5.41) is -1.12. The van der Waals surface area contributed by atoms with Gasteiger partial charge in [-0.2, -0.15) is 0 Å². The van der Waals surface area contributed by atoms with E-state index < -0.39 is 50.6 Å². The molecule has 0 fully saturated rings. The van der Waals surface area contributed by atoms with Gasteiger partial charge in [-0.1, -0.05) is 23.2 Å². The minimum absolute atomic E-state index is 0.317. The van der Waals surface area contributed by atoms with Crippen molar-refractivity contribution >= 4 is 34.6 Å². The zero-order valence-electron chi connectivity index (χ0n) is 10.3. The first-order valence-corrected chi connectivity index (χ1v) is 6.00. The van der Waals surface area contributed by atoms with Gasteiger partial charge in [-0.15, -0.1) is 0 Å². The summed E-state index contributed by atoms with van der Waals surface area (Å²) in [6.07, 6.45) is 0. The van der Waals surface area contributed by atoms with Gasteiger partial charge >= 0.3 is 0 Å². The van der Waals surface area contributed by atoms with Crippen LogP contribution >= 0.6 is 23.2 Å². The van der Waals surface area contributed by atoms with Gasteiger partial charge in [0, 0.05) is 6.07 Å². The van der Waals surface area contributed by atoms with Crippen LogP contribution in [0.2, 0.25) is 10.0 Å². The molecule has 0 aliphatic rings. The van der Waals surface area contributed by atoms with Crippen LogP contribution in [0.25, 0.3) is 0 Å². The Hall–Kier alpha value is -1.80. The molecular weight excluding hydrogens is 357 g/mol. The van der Waals surface area contributed by atoms with Gasteiger partial charge in [-0.3, -0.25) is 0 Å². The second kappa shape index (κ2) is 6.97. The number of benzene rings is 2. The van der Waals surface area contributed by atoms with Gasteiger partial charge in [-0.05, 0) is 6.07 Å². The van der Waals surface area contributed by atoms with Gasteiger partial charge in [0.2, 0.25) is 0 Å². The third kappa shape index (κ3) is 3.69. The summed E-state index contributed by atoms with van der Waals surface area (Å²) in [6.45, 7) is 0. The smallest absolute Gasteiger partial charge is 0.198 e. The maximum atomic E-state index is 12.4. The summed E-state index contributed by atoms with van der Waals surface area (Å²) < 4.78 is 74.1. The number of nitrogen functional groups attached to an aromatic ring is 2. The van der Waals surface area contributed by atoms with Crippen molar-refractivity contribution in [2.75, 3.05) is 11.5 Å². The van der Waals surface area contributed by atoms with Crippen LogP contribution in [0.1, 0.15) is 0 Å². The Morgan fingerprint density at radius 3 is 1.73 bits per heavy atom. The predicted octanol–water partition coefficient (Wildman–Crippen LogP) is 4.68. The molecule has 0 aromatic heterocycles. The van der Waals surface area contributed by atoms with E-state index in [-0.39, 0.29) is 5.69 Å². The molecule has 0 spiro atoms. The third-order valence-corrected chi connectivity index (χ3v) is 2.92. The van der Waals surface area contributed by atoms with Crippen LogP contribution in [0.4, 0.5) is 37.7 Å². The average Bonchev–Trinajstić information content (AvgIpc) is 2.47. The Balaban J connectivity index is 0.000000220. The van der Waals surface area contributed by atoms with E-state index in [1.807, 2.05) is 0 Å². The number of rotatable bonds is 0. The maximum Gasteiger partial charge on any atom is 0.198 e. The van der Waals surface area contributed by atoms with Crippen LogP contribution < -0.4 is 11.5 Å². The molecule has 0 radical (unpaired) electrons. The summed E-state index contributed by atoms with van der Waals surface area (Å²) in [5.74, 6) is -8.88. The fraction of sp³-hybridized carbons (Fsp3) is 0. The van der Waals surface area contributed by atoms with Crippen molar-refractivity contribution < 1.29 is 26.3 Å². The summed E-state index contributed by atoms with van der Waals surface area (Å²) >= 11 is 10.3. The summed E-state index contributed by atoms with van der Waals surface area (Å²) in [4.78, 5) is 0. The molecule has 2 aromatic rings. The number of nitrogens with two attached hydrogens (primary N) is 2. The molecule has 0 amide bonds. The first-order chi connectivity index (χ1) is 10.1. The van der Waals surface area contributed by atoms with Gasteiger partial charge < -0.3 is 11.5 Å². The molecule has 0 bridgehead atoms. The standard InChI is InChI=1S/2C6H3ClF3N/c7-4-3(11)1-2(8)5(9)6(4)10;7-2-1-3(11)5(9)6(10)4(2)8/h2*1H,11H2. The quantitative estimate of drug-likeness (QED) is 0.309. The molecule has 2 aromatic carbocycles. The van der Waals surface area contributed by atoms with Crippen molar-refractivity contribution in [1.29, 1.82) is 0 Å². The summed E-state index contributed by atoms with van der Waals surface area (Å²) in [7, 11) is 0. The van der Waals surface area contributed by atoms with E-state index in [1.165, 1.54) is 0 Å². The molecule has 0 heterocycles. The van der Waals surface area contributed by atoms with Crippen LogP contribution in [0.15, 0.2) is 12.1 Å². The Bertz CT molecular complexity index is 610. The van der Waals surface area contributed by atoms with Gasteiger partial charge in [0.1, 0.15) is 5.02 Å². The predicted molar refractivity (Wildman–Crippen MR) is 71.5 cm³/mol. The fourth-order valence-electron chi connectivity index (χ4n) is 1.18. The zero-order chi connectivity index (χ0) is 17.2. The first-order valence-electron chi connectivity index (χ1n) is 5.24. The first kappa shape index (κ1) is 18.2. The highest BCUT2D eigenvalue weighted by molar-refractivity contribution is 6.33. The van der Waals surface area contributed by atoms with Crippen molar-refractivity contribution in [2.24, 2.45) is 0 Å². The fourth-order valence-corrected chi connectivity index (χ4v) is 1.52. The van der Waals surface area contributed by atoms with Crippen molar-refractivity contribution in [3.63, 3.8) is 0 Å². The number of hydrogen-bond acceptors (Lipinski definition) is 2. The largest absolute Gasteiger partial charge is 0.397 e. The maximum absolute atomic E-state index is 12.4. The van der Waals surface area contributed by atoms with Crippen LogP contribution in [0.5, 0.6) is 0 Å². The molecule has 2 rings (SSSR count). The number of halogens is 8. The second-order valence-corrected chi connectivity index (χ2v) is 4.56. The monoisotopic (exact) mass is 362 g/mol. The molecule has 22 heavy (non-hydrogen) atoms. The van der Waals surface area contributed by atoms with Crippen LogP contribution in [0.3, 0.4) is 0 Å². The minimum atomic E-state index is -1.64. The van der Waals surface area contributed by atoms with Crippen molar-refractivity contribution in [1.82, 2.24) is 0 Å². The summed E-state index contributed by atoms with van der Waals surface area (Å²) in [6, 6.07) is 1.44. The Morgan fingerprint density at radius 1 is 0.636 bits per heavy atom. The van der Waals surface area contributed by atoms with E-state index in [0.29, 0.717) is 6.07 Å². The lowest BCUT2D eigenvalue weighted by Gasteiger charge is -2.00. The molecule has 4 N–H and O–H groups in total. The van der Waals surface area contributed by atoms with Gasteiger partial charge in [-0.25, -0.2) is 26.3 Å². The Kier molecular flexibility index (Phi) is 5.78. The van der Waals surface area contributed by atoms with Crippen LogP contribution in [0, 0.1) is 34.9 Å². The highest BCUT2D eigenvalue weighted by atomic mass is 35.5. The van der Waals surface area contributed by atoms with E-state index in [0.717, 1.165) is 6.07 Å². The molecule has 0 unspecified atom stereocenters. The van der Waals surface area contributed by atoms with E-state index >= 15 is 0 Å². The number of hydrogen-bond donors (Lipinski definition) is 2. The van der Waals surface area contributed by atoms with Gasteiger partial charge in [0.25, 0.3) is 0 Å². The zero-order valence-corrected chi connectivity index (χ0v) is 11.8. The van der Waals surface area contributed by atoms with Crippen LogP contribution in [-0.4, -0.2) is 0 Å². The van der Waals surface area contributed by atoms with E-state index in [1.54, 1.807) is 0 Å². The van der Waals surface area contributed by atoms with E-state index in [2.05, 4.69) is 0 Å². The van der Waals surface area contributed by atoms with Crippen molar-refractivity contribution in [2.45, 2.75) is 0 Å². The van der Waals surface area contributed by atoms with Crippen LogP contribution in [-0.2, 0) is 0 Å². The number of anilines is 2. The lowest BCUT2D eigenvalue weighted by molar-refractivity contribution is 0.448. The lowest BCUT2D eigenvalue weighted by atomic mass is 10.3. The van der Waals surface area contributed by atoms with E-state index in [4.69, 9.17) is 34.7 Å². The SMILES string of the molecule is Nc1cc(Cl)c(F)c(F)c1F.Nc1cc(F)c(F)c(F)c1Cl. The minimum Gasteiger partial charge on any atom is -0.397 e.